The standard InChI is InChI=1S/C17H17Cl2FN2O3S2/c1-26-8-7-16(17(23)21-12-4-2-3-11(18)9-12)22-27(24,25)13-5-6-15(20)14(19)10-13/h2-6,9-10,16,22H,7-8H2,1H3,(H,21,23). The van der Waals surface area contributed by atoms with Gasteiger partial charge in [0.2, 0.25) is 15.9 Å². The van der Waals surface area contributed by atoms with E-state index in [1.54, 1.807) is 24.3 Å². The first kappa shape index (κ1) is 22.0. The van der Waals surface area contributed by atoms with Crippen LogP contribution in [0, 0.1) is 5.82 Å². The predicted molar refractivity (Wildman–Crippen MR) is 109 cm³/mol. The first-order valence-electron chi connectivity index (χ1n) is 7.75. The first-order valence-corrected chi connectivity index (χ1v) is 11.4. The topological polar surface area (TPSA) is 75.3 Å². The van der Waals surface area contributed by atoms with Gasteiger partial charge in [0, 0.05) is 10.7 Å². The second-order valence-electron chi connectivity index (χ2n) is 5.53. The number of halogens is 3. The number of anilines is 1. The minimum absolute atomic E-state index is 0.224. The maximum Gasteiger partial charge on any atom is 0.242 e. The molecule has 1 atom stereocenters. The molecule has 0 aliphatic rings. The third kappa shape index (κ3) is 6.36. The molecule has 0 fully saturated rings. The molecule has 5 nitrogen and oxygen atoms in total. The molecule has 146 valence electrons. The number of amides is 1. The normalized spacial score (nSPS) is 12.6. The van der Waals surface area contributed by atoms with Crippen molar-refractivity contribution in [2.75, 3.05) is 17.3 Å². The maximum atomic E-state index is 13.3. The number of nitrogens with one attached hydrogen (secondary N) is 2. The molecule has 1 unspecified atom stereocenters. The molecule has 0 heterocycles. The molecule has 0 radical (unpaired) electrons. The van der Waals surface area contributed by atoms with Crippen LogP contribution in [0.4, 0.5) is 10.1 Å². The average molecular weight is 451 g/mol. The highest BCUT2D eigenvalue weighted by Crippen LogP contribution is 2.20. The summed E-state index contributed by atoms with van der Waals surface area (Å²) in [5.41, 5.74) is 0.450. The highest BCUT2D eigenvalue weighted by atomic mass is 35.5. The van der Waals surface area contributed by atoms with Gasteiger partial charge in [0.25, 0.3) is 0 Å². The Labute approximate surface area is 171 Å². The van der Waals surface area contributed by atoms with E-state index in [9.17, 15) is 17.6 Å². The molecular formula is C17H17Cl2FN2O3S2. The molecule has 0 aromatic heterocycles. The summed E-state index contributed by atoms with van der Waals surface area (Å²) < 4.78 is 40.8. The van der Waals surface area contributed by atoms with Crippen molar-refractivity contribution in [3.63, 3.8) is 0 Å². The van der Waals surface area contributed by atoms with E-state index in [4.69, 9.17) is 23.2 Å². The number of benzene rings is 2. The summed E-state index contributed by atoms with van der Waals surface area (Å²) in [5, 5.41) is 2.76. The van der Waals surface area contributed by atoms with E-state index in [-0.39, 0.29) is 16.3 Å². The van der Waals surface area contributed by atoms with Gasteiger partial charge in [-0.2, -0.15) is 16.5 Å². The summed E-state index contributed by atoms with van der Waals surface area (Å²) in [5.74, 6) is -0.698. The Morgan fingerprint density at radius 2 is 1.96 bits per heavy atom. The predicted octanol–water partition coefficient (Wildman–Crippen LogP) is 4.17. The van der Waals surface area contributed by atoms with Crippen LogP contribution in [0.5, 0.6) is 0 Å². The highest BCUT2D eigenvalue weighted by Gasteiger charge is 2.26. The van der Waals surface area contributed by atoms with Crippen molar-refractivity contribution in [1.82, 2.24) is 4.72 Å². The van der Waals surface area contributed by atoms with Crippen molar-refractivity contribution in [2.24, 2.45) is 0 Å². The minimum atomic E-state index is -4.07. The molecule has 0 saturated heterocycles. The Morgan fingerprint density at radius 3 is 2.59 bits per heavy atom. The molecule has 0 saturated carbocycles. The fraction of sp³-hybridized carbons (Fsp3) is 0.235. The second-order valence-corrected chi connectivity index (χ2v) is 9.07. The first-order chi connectivity index (χ1) is 12.7. The molecule has 0 bridgehead atoms. The zero-order valence-electron chi connectivity index (χ0n) is 14.2. The smallest absolute Gasteiger partial charge is 0.242 e. The summed E-state index contributed by atoms with van der Waals surface area (Å²) in [7, 11) is -4.07. The largest absolute Gasteiger partial charge is 0.325 e. The monoisotopic (exact) mass is 450 g/mol. The summed E-state index contributed by atoms with van der Waals surface area (Å²) in [6.07, 6.45) is 2.11. The molecule has 2 aromatic rings. The number of hydrogen-bond acceptors (Lipinski definition) is 4. The third-order valence-electron chi connectivity index (χ3n) is 3.52. The van der Waals surface area contributed by atoms with Gasteiger partial charge in [0.05, 0.1) is 9.92 Å². The third-order valence-corrected chi connectivity index (χ3v) is 6.16. The number of rotatable bonds is 8. The lowest BCUT2D eigenvalue weighted by Crippen LogP contribution is -2.44. The van der Waals surface area contributed by atoms with Gasteiger partial charge in [-0.05, 0) is 54.8 Å². The minimum Gasteiger partial charge on any atom is -0.325 e. The SMILES string of the molecule is CSCCC(NS(=O)(=O)c1ccc(F)c(Cl)c1)C(=O)Nc1cccc(Cl)c1. The van der Waals surface area contributed by atoms with Crippen molar-refractivity contribution in [3.05, 3.63) is 58.3 Å². The molecule has 2 N–H and O–H groups in total. The Hall–Kier alpha value is -1.32. The van der Waals surface area contributed by atoms with Crippen LogP contribution in [0.2, 0.25) is 10.0 Å². The molecule has 0 aliphatic carbocycles. The van der Waals surface area contributed by atoms with Gasteiger partial charge < -0.3 is 5.32 Å². The fourth-order valence-corrected chi connectivity index (χ4v) is 4.34. The lowest BCUT2D eigenvalue weighted by Gasteiger charge is -2.18. The molecule has 10 heteroatoms. The van der Waals surface area contributed by atoms with Crippen LogP contribution in [-0.2, 0) is 14.8 Å². The molecule has 0 spiro atoms. The van der Waals surface area contributed by atoms with Gasteiger partial charge in [0.1, 0.15) is 11.9 Å². The van der Waals surface area contributed by atoms with Crippen molar-refractivity contribution < 1.29 is 17.6 Å². The molecule has 27 heavy (non-hydrogen) atoms. The zero-order valence-corrected chi connectivity index (χ0v) is 17.4. The van der Waals surface area contributed by atoms with E-state index in [1.165, 1.54) is 11.8 Å². The summed E-state index contributed by atoms with van der Waals surface area (Å²) >= 11 is 13.0. The average Bonchev–Trinajstić information content (AvgIpc) is 2.60. The molecule has 1 amide bonds. The van der Waals surface area contributed by atoms with E-state index in [0.29, 0.717) is 16.5 Å². The zero-order chi connectivity index (χ0) is 20.0. The lowest BCUT2D eigenvalue weighted by atomic mass is 10.2. The highest BCUT2D eigenvalue weighted by molar-refractivity contribution is 7.98. The second kappa shape index (κ2) is 9.75. The summed E-state index contributed by atoms with van der Waals surface area (Å²) in [6.45, 7) is 0. The van der Waals surface area contributed by atoms with Gasteiger partial charge in [-0.15, -0.1) is 0 Å². The van der Waals surface area contributed by atoms with Crippen LogP contribution in [0.15, 0.2) is 47.4 Å². The Morgan fingerprint density at radius 1 is 1.22 bits per heavy atom. The molecular weight excluding hydrogens is 434 g/mol. The fourth-order valence-electron chi connectivity index (χ4n) is 2.17. The number of sulfonamides is 1. The lowest BCUT2D eigenvalue weighted by molar-refractivity contribution is -0.117. The molecule has 2 aromatic carbocycles. The quantitative estimate of drug-likeness (QED) is 0.632. The van der Waals surface area contributed by atoms with Crippen LogP contribution >= 0.6 is 35.0 Å². The van der Waals surface area contributed by atoms with E-state index < -0.39 is 27.8 Å². The van der Waals surface area contributed by atoms with Crippen LogP contribution in [0.1, 0.15) is 6.42 Å². The van der Waals surface area contributed by atoms with Gasteiger partial charge in [-0.3, -0.25) is 4.79 Å². The van der Waals surface area contributed by atoms with Crippen LogP contribution < -0.4 is 10.0 Å². The summed E-state index contributed by atoms with van der Waals surface area (Å²) in [4.78, 5) is 12.4. The van der Waals surface area contributed by atoms with E-state index in [2.05, 4.69) is 10.0 Å². The van der Waals surface area contributed by atoms with Crippen LogP contribution in [-0.4, -0.2) is 32.4 Å². The summed E-state index contributed by atoms with van der Waals surface area (Å²) in [6, 6.07) is 8.54. The Bertz CT molecular complexity index is 926. The van der Waals surface area contributed by atoms with E-state index >= 15 is 0 Å². The van der Waals surface area contributed by atoms with Crippen molar-refractivity contribution in [1.29, 1.82) is 0 Å². The number of hydrogen-bond donors (Lipinski definition) is 2. The van der Waals surface area contributed by atoms with Crippen LogP contribution in [0.3, 0.4) is 0 Å². The number of carbonyl (C=O) groups excluding carboxylic acids is 1. The number of thioether (sulfide) groups is 1. The maximum absolute atomic E-state index is 13.3. The molecule has 0 aliphatic heterocycles. The Balaban J connectivity index is 2.21. The molecule has 2 rings (SSSR count). The van der Waals surface area contributed by atoms with Gasteiger partial charge in [-0.1, -0.05) is 29.3 Å². The number of carbonyl (C=O) groups is 1. The van der Waals surface area contributed by atoms with Crippen molar-refractivity contribution >= 4 is 56.6 Å². The Kier molecular flexibility index (Phi) is 7.93. The van der Waals surface area contributed by atoms with Gasteiger partial charge >= 0.3 is 0 Å². The van der Waals surface area contributed by atoms with Crippen molar-refractivity contribution in [2.45, 2.75) is 17.4 Å². The van der Waals surface area contributed by atoms with Crippen molar-refractivity contribution in [3.8, 4) is 0 Å². The van der Waals surface area contributed by atoms with E-state index in [0.717, 1.165) is 18.2 Å². The van der Waals surface area contributed by atoms with Gasteiger partial charge in [0.15, 0.2) is 0 Å². The van der Waals surface area contributed by atoms with E-state index in [1.807, 2.05) is 6.26 Å². The van der Waals surface area contributed by atoms with Crippen LogP contribution in [0.25, 0.3) is 0 Å². The van der Waals surface area contributed by atoms with Gasteiger partial charge in [-0.25, -0.2) is 12.8 Å².